The minimum Gasteiger partial charge on any atom is -0.356 e. The predicted octanol–water partition coefficient (Wildman–Crippen LogP) is 2.13. The number of aromatic nitrogens is 2. The van der Waals surface area contributed by atoms with Crippen molar-refractivity contribution in [3.8, 4) is 11.3 Å². The first-order valence-electron chi connectivity index (χ1n) is 6.18. The van der Waals surface area contributed by atoms with Crippen LogP contribution >= 0.6 is 11.3 Å². The lowest BCUT2D eigenvalue weighted by molar-refractivity contribution is 0.498. The summed E-state index contributed by atoms with van der Waals surface area (Å²) in [5.74, 6) is 1.01. The molecule has 0 bridgehead atoms. The van der Waals surface area contributed by atoms with Crippen molar-refractivity contribution in [3.05, 3.63) is 29.2 Å². The number of nitrogens with zero attached hydrogens (tertiary/aromatic N) is 3. The van der Waals surface area contributed by atoms with Crippen molar-refractivity contribution in [2.24, 2.45) is 5.73 Å². The van der Waals surface area contributed by atoms with Gasteiger partial charge in [-0.3, -0.25) is 0 Å². The third-order valence-corrected chi connectivity index (χ3v) is 4.02. The molecule has 94 valence electrons. The van der Waals surface area contributed by atoms with Gasteiger partial charge >= 0.3 is 0 Å². The van der Waals surface area contributed by atoms with Gasteiger partial charge in [-0.2, -0.15) is 11.3 Å². The van der Waals surface area contributed by atoms with E-state index in [2.05, 4.69) is 37.8 Å². The molecule has 0 aliphatic carbocycles. The van der Waals surface area contributed by atoms with Gasteiger partial charge in [0, 0.05) is 36.1 Å². The highest BCUT2D eigenvalue weighted by Gasteiger charge is 2.17. The number of piperidine rings is 1. The molecule has 1 fully saturated rings. The van der Waals surface area contributed by atoms with E-state index in [9.17, 15) is 0 Å². The largest absolute Gasteiger partial charge is 0.356 e. The number of rotatable bonds is 2. The van der Waals surface area contributed by atoms with Crippen LogP contribution in [-0.2, 0) is 0 Å². The quantitative estimate of drug-likeness (QED) is 0.898. The van der Waals surface area contributed by atoms with E-state index < -0.39 is 0 Å². The van der Waals surface area contributed by atoms with E-state index in [1.54, 1.807) is 17.7 Å². The average molecular weight is 260 g/mol. The van der Waals surface area contributed by atoms with Gasteiger partial charge in [0.15, 0.2) is 0 Å². The van der Waals surface area contributed by atoms with E-state index in [4.69, 9.17) is 5.73 Å². The molecule has 2 aromatic rings. The second kappa shape index (κ2) is 5.04. The molecule has 0 saturated carbocycles. The first-order chi connectivity index (χ1) is 8.83. The molecule has 2 N–H and O–H groups in total. The molecular formula is C13H16N4S. The minimum absolute atomic E-state index is 0.347. The van der Waals surface area contributed by atoms with E-state index in [0.29, 0.717) is 6.04 Å². The standard InChI is InChI=1S/C13H16N4S/c14-11-1-4-17(5-2-11)13-7-12(15-9-16-13)10-3-6-18-8-10/h3,6-9,11H,1-2,4-5,14H2. The van der Waals surface area contributed by atoms with Crippen LogP contribution in [0, 0.1) is 0 Å². The highest BCUT2D eigenvalue weighted by Crippen LogP contribution is 2.24. The van der Waals surface area contributed by atoms with E-state index >= 15 is 0 Å². The van der Waals surface area contributed by atoms with Gasteiger partial charge in [0.05, 0.1) is 5.69 Å². The molecule has 2 aromatic heterocycles. The van der Waals surface area contributed by atoms with Crippen LogP contribution in [0.4, 0.5) is 5.82 Å². The van der Waals surface area contributed by atoms with Crippen LogP contribution in [-0.4, -0.2) is 29.1 Å². The number of nitrogens with two attached hydrogens (primary N) is 1. The molecule has 0 atom stereocenters. The van der Waals surface area contributed by atoms with E-state index in [1.165, 1.54) is 0 Å². The fraction of sp³-hybridized carbons (Fsp3) is 0.385. The van der Waals surface area contributed by atoms with Crippen LogP contribution in [0.1, 0.15) is 12.8 Å². The van der Waals surface area contributed by atoms with Crippen LogP contribution in [0.2, 0.25) is 0 Å². The van der Waals surface area contributed by atoms with Crippen LogP contribution in [0.15, 0.2) is 29.2 Å². The zero-order valence-electron chi connectivity index (χ0n) is 10.1. The summed E-state index contributed by atoms with van der Waals surface area (Å²) in [5, 5.41) is 4.18. The highest BCUT2D eigenvalue weighted by atomic mass is 32.1. The number of thiophene rings is 1. The fourth-order valence-corrected chi connectivity index (χ4v) is 2.87. The maximum absolute atomic E-state index is 5.92. The van der Waals surface area contributed by atoms with Gasteiger partial charge in [0.1, 0.15) is 12.1 Å². The van der Waals surface area contributed by atoms with E-state index in [-0.39, 0.29) is 0 Å². The Labute approximate surface area is 110 Å². The van der Waals surface area contributed by atoms with Crippen LogP contribution < -0.4 is 10.6 Å². The van der Waals surface area contributed by atoms with Gasteiger partial charge in [0.25, 0.3) is 0 Å². The van der Waals surface area contributed by atoms with Crippen LogP contribution in [0.25, 0.3) is 11.3 Å². The molecule has 0 unspecified atom stereocenters. The second-order valence-corrected chi connectivity index (χ2v) is 5.38. The number of anilines is 1. The van der Waals surface area contributed by atoms with Crippen molar-refractivity contribution < 1.29 is 0 Å². The minimum atomic E-state index is 0.347. The van der Waals surface area contributed by atoms with Crippen molar-refractivity contribution in [1.82, 2.24) is 9.97 Å². The second-order valence-electron chi connectivity index (χ2n) is 4.60. The highest BCUT2D eigenvalue weighted by molar-refractivity contribution is 7.08. The van der Waals surface area contributed by atoms with Gasteiger partial charge in [-0.15, -0.1) is 0 Å². The normalized spacial score (nSPS) is 17.1. The summed E-state index contributed by atoms with van der Waals surface area (Å²) in [6, 6.07) is 4.50. The Bertz CT molecular complexity index is 503. The maximum Gasteiger partial charge on any atom is 0.132 e. The van der Waals surface area contributed by atoms with Gasteiger partial charge in [0.2, 0.25) is 0 Å². The Morgan fingerprint density at radius 1 is 1.28 bits per heavy atom. The van der Waals surface area contributed by atoms with Crippen molar-refractivity contribution in [1.29, 1.82) is 0 Å². The molecule has 1 saturated heterocycles. The predicted molar refractivity (Wildman–Crippen MR) is 74.8 cm³/mol. The summed E-state index contributed by atoms with van der Waals surface area (Å²) in [5.41, 5.74) is 8.08. The molecule has 1 aliphatic rings. The first kappa shape index (κ1) is 11.6. The molecule has 18 heavy (non-hydrogen) atoms. The molecule has 1 aliphatic heterocycles. The Morgan fingerprint density at radius 3 is 2.83 bits per heavy atom. The molecule has 0 radical (unpaired) electrons. The Hall–Kier alpha value is -1.46. The van der Waals surface area contributed by atoms with Crippen molar-refractivity contribution in [2.75, 3.05) is 18.0 Å². The molecule has 3 heterocycles. The van der Waals surface area contributed by atoms with Crippen molar-refractivity contribution >= 4 is 17.2 Å². The van der Waals surface area contributed by atoms with E-state index in [0.717, 1.165) is 43.0 Å². The number of hydrogen-bond donors (Lipinski definition) is 1. The van der Waals surface area contributed by atoms with Gasteiger partial charge in [-0.1, -0.05) is 0 Å². The molecule has 4 nitrogen and oxygen atoms in total. The summed E-state index contributed by atoms with van der Waals surface area (Å²) < 4.78 is 0. The first-order valence-corrected chi connectivity index (χ1v) is 7.12. The summed E-state index contributed by atoms with van der Waals surface area (Å²) in [4.78, 5) is 11.0. The third kappa shape index (κ3) is 2.37. The summed E-state index contributed by atoms with van der Waals surface area (Å²) >= 11 is 1.69. The smallest absolute Gasteiger partial charge is 0.132 e. The van der Waals surface area contributed by atoms with Crippen molar-refractivity contribution in [2.45, 2.75) is 18.9 Å². The molecule has 0 amide bonds. The lowest BCUT2D eigenvalue weighted by Gasteiger charge is -2.31. The molecular weight excluding hydrogens is 244 g/mol. The zero-order valence-corrected chi connectivity index (χ0v) is 10.9. The topological polar surface area (TPSA) is 55.0 Å². The lowest BCUT2D eigenvalue weighted by atomic mass is 10.1. The summed E-state index contributed by atoms with van der Waals surface area (Å²) in [6.07, 6.45) is 3.73. The monoisotopic (exact) mass is 260 g/mol. The summed E-state index contributed by atoms with van der Waals surface area (Å²) in [6.45, 7) is 1.97. The Morgan fingerprint density at radius 2 is 2.11 bits per heavy atom. The maximum atomic E-state index is 5.92. The van der Waals surface area contributed by atoms with Gasteiger partial charge in [-0.05, 0) is 24.3 Å². The van der Waals surface area contributed by atoms with Crippen molar-refractivity contribution in [3.63, 3.8) is 0 Å². The molecule has 0 spiro atoms. The molecule has 3 rings (SSSR count). The third-order valence-electron chi connectivity index (χ3n) is 3.33. The van der Waals surface area contributed by atoms with Crippen LogP contribution in [0.3, 0.4) is 0 Å². The molecule has 5 heteroatoms. The summed E-state index contributed by atoms with van der Waals surface area (Å²) in [7, 11) is 0. The van der Waals surface area contributed by atoms with Gasteiger partial charge < -0.3 is 10.6 Å². The number of hydrogen-bond acceptors (Lipinski definition) is 5. The Kier molecular flexibility index (Phi) is 3.25. The fourth-order valence-electron chi connectivity index (χ4n) is 2.22. The Balaban J connectivity index is 1.83. The van der Waals surface area contributed by atoms with Gasteiger partial charge in [-0.25, -0.2) is 9.97 Å². The average Bonchev–Trinajstić information content (AvgIpc) is 2.94. The van der Waals surface area contributed by atoms with Crippen LogP contribution in [0.5, 0.6) is 0 Å². The zero-order chi connectivity index (χ0) is 12.4. The lowest BCUT2D eigenvalue weighted by Crippen LogP contribution is -2.40. The van der Waals surface area contributed by atoms with E-state index in [1.807, 2.05) is 0 Å². The molecule has 0 aromatic carbocycles. The SMILES string of the molecule is NC1CCN(c2cc(-c3ccsc3)ncn2)CC1.